The van der Waals surface area contributed by atoms with E-state index in [4.69, 9.17) is 4.98 Å². The summed E-state index contributed by atoms with van der Waals surface area (Å²) >= 11 is 0. The summed E-state index contributed by atoms with van der Waals surface area (Å²) in [6.07, 6.45) is 0.832. The van der Waals surface area contributed by atoms with E-state index in [1.54, 1.807) is 6.92 Å². The van der Waals surface area contributed by atoms with Gasteiger partial charge in [-0.3, -0.25) is 9.20 Å². The predicted molar refractivity (Wildman–Crippen MR) is 114 cm³/mol. The first-order valence-corrected chi connectivity index (χ1v) is 9.75. The molecule has 0 radical (unpaired) electrons. The minimum Gasteiger partial charge on any atom is -0.354 e. The maximum atomic E-state index is 11.8. The number of para-hydroxylation sites is 2. The molecule has 150 valence electrons. The number of benzene rings is 1. The van der Waals surface area contributed by atoms with Crippen LogP contribution in [0.3, 0.4) is 0 Å². The summed E-state index contributed by atoms with van der Waals surface area (Å²) in [5, 5.41) is 13.4. The first-order valence-electron chi connectivity index (χ1n) is 9.75. The zero-order valence-corrected chi connectivity index (χ0v) is 15.9. The van der Waals surface area contributed by atoms with Crippen LogP contribution in [0.1, 0.15) is 31.0 Å². The highest BCUT2D eigenvalue weighted by molar-refractivity contribution is 5.86. The fourth-order valence-corrected chi connectivity index (χ4v) is 4.54. The van der Waals surface area contributed by atoms with Crippen LogP contribution in [-0.4, -0.2) is 52.9 Å². The molecule has 0 bridgehead atoms. The molecule has 0 spiro atoms. The van der Waals surface area contributed by atoms with E-state index in [2.05, 4.69) is 26.8 Å². The zero-order valence-electron chi connectivity index (χ0n) is 15.9. The lowest BCUT2D eigenvalue weighted by Crippen LogP contribution is -2.49. The van der Waals surface area contributed by atoms with Crippen LogP contribution < -0.4 is 10.2 Å². The minimum absolute atomic E-state index is 0. The first-order chi connectivity index (χ1) is 13.7. The highest BCUT2D eigenvalue weighted by Crippen LogP contribution is 2.35. The molecule has 7 heteroatoms. The van der Waals surface area contributed by atoms with Crippen molar-refractivity contribution in [2.45, 2.75) is 27.3 Å². The first kappa shape index (κ1) is 19.2. The summed E-state index contributed by atoms with van der Waals surface area (Å²) in [5.41, 5.74) is 5.67. The van der Waals surface area contributed by atoms with Gasteiger partial charge in [-0.1, -0.05) is 19.6 Å². The molecule has 3 aromatic rings. The van der Waals surface area contributed by atoms with Crippen LogP contribution in [0.4, 0.5) is 5.82 Å². The largest absolute Gasteiger partial charge is 0.354 e. The number of amides is 1. The fraction of sp³-hybridized carbons (Fsp3) is 0.409. The zero-order chi connectivity index (χ0) is 19.3. The second-order valence-corrected chi connectivity index (χ2v) is 7.45. The van der Waals surface area contributed by atoms with Gasteiger partial charge in [-0.25, -0.2) is 4.98 Å². The number of anilines is 1. The lowest BCUT2D eigenvalue weighted by atomic mass is 9.96. The number of carbonyl (C=O) groups is 1. The molecular weight excluding hydrogens is 364 g/mol. The van der Waals surface area contributed by atoms with E-state index >= 15 is 0 Å². The quantitative estimate of drug-likeness (QED) is 0.690. The smallest absolute Gasteiger partial charge is 0.219 e. The third kappa shape index (κ3) is 2.91. The molecule has 1 N–H and O–H groups in total. The number of imidazole rings is 1. The monoisotopic (exact) mass is 390 g/mol. The highest BCUT2D eigenvalue weighted by atomic mass is 16.2. The molecule has 4 heterocycles. The molecule has 0 unspecified atom stereocenters. The Morgan fingerprint density at radius 2 is 1.93 bits per heavy atom. The van der Waals surface area contributed by atoms with Gasteiger partial charge in [0.2, 0.25) is 5.91 Å². The third-order valence-corrected chi connectivity index (χ3v) is 5.92. The van der Waals surface area contributed by atoms with Crippen molar-refractivity contribution in [3.63, 3.8) is 0 Å². The van der Waals surface area contributed by atoms with Gasteiger partial charge in [0, 0.05) is 45.2 Å². The molecule has 0 saturated carbocycles. The van der Waals surface area contributed by atoms with Gasteiger partial charge < -0.3 is 15.1 Å². The topological polar surface area (TPSA) is 76.7 Å². The molecule has 1 fully saturated rings. The second-order valence-electron chi connectivity index (χ2n) is 7.45. The average Bonchev–Trinajstić information content (AvgIpc) is 3.11. The van der Waals surface area contributed by atoms with E-state index in [0.29, 0.717) is 18.7 Å². The van der Waals surface area contributed by atoms with Crippen LogP contribution in [0.2, 0.25) is 0 Å². The molecule has 1 saturated heterocycles. The maximum absolute atomic E-state index is 11.8. The van der Waals surface area contributed by atoms with Gasteiger partial charge in [-0.05, 0) is 30.7 Å². The van der Waals surface area contributed by atoms with E-state index in [0.717, 1.165) is 60.7 Å². The molecule has 2 aromatic heterocycles. The van der Waals surface area contributed by atoms with Crippen molar-refractivity contribution in [2.75, 3.05) is 37.6 Å². The van der Waals surface area contributed by atoms with E-state index in [-0.39, 0.29) is 13.3 Å². The number of nitriles is 1. The molecule has 2 aliphatic rings. The van der Waals surface area contributed by atoms with E-state index < -0.39 is 0 Å². The number of aromatic nitrogens is 2. The van der Waals surface area contributed by atoms with Crippen LogP contribution in [-0.2, 0) is 17.8 Å². The standard InChI is InChI=1S/C21H22N6O.CH4/c1-14(28)25-8-10-26(11-9-25)21-17-13-23-7-6-15(17)16(12-22)20-24-18-4-2-3-5-19(18)27(20)21;/h2-5,23H,6-11,13H2,1H3;1H4. The third-order valence-electron chi connectivity index (χ3n) is 5.92. The SMILES string of the molecule is C.CC(=O)N1CCN(c2c3c(c(C#N)c4nc5ccccc5n24)CCNC3)CC1. The van der Waals surface area contributed by atoms with Crippen molar-refractivity contribution in [1.29, 1.82) is 5.26 Å². The molecule has 1 aromatic carbocycles. The number of hydrogen-bond donors (Lipinski definition) is 1. The summed E-state index contributed by atoms with van der Waals surface area (Å²) in [7, 11) is 0. The number of pyridine rings is 1. The Morgan fingerprint density at radius 3 is 2.66 bits per heavy atom. The number of nitrogens with one attached hydrogen (secondary N) is 1. The summed E-state index contributed by atoms with van der Waals surface area (Å²) in [5.74, 6) is 1.24. The summed E-state index contributed by atoms with van der Waals surface area (Å²) in [6, 6.07) is 10.5. The van der Waals surface area contributed by atoms with Gasteiger partial charge >= 0.3 is 0 Å². The minimum atomic E-state index is 0. The lowest BCUT2D eigenvalue weighted by Gasteiger charge is -2.38. The van der Waals surface area contributed by atoms with E-state index in [1.807, 2.05) is 23.1 Å². The van der Waals surface area contributed by atoms with Crippen LogP contribution in [0.25, 0.3) is 16.7 Å². The van der Waals surface area contributed by atoms with Gasteiger partial charge in [0.15, 0.2) is 5.65 Å². The van der Waals surface area contributed by atoms with Gasteiger partial charge in [0.05, 0.1) is 16.6 Å². The maximum Gasteiger partial charge on any atom is 0.219 e. The molecule has 1 amide bonds. The Kier molecular flexibility index (Phi) is 4.89. The molecule has 7 nitrogen and oxygen atoms in total. The number of hydrogen-bond acceptors (Lipinski definition) is 5. The Balaban J connectivity index is 0.00000205. The van der Waals surface area contributed by atoms with Crippen molar-refractivity contribution >= 4 is 28.4 Å². The van der Waals surface area contributed by atoms with Gasteiger partial charge in [0.25, 0.3) is 0 Å². The van der Waals surface area contributed by atoms with Crippen LogP contribution in [0, 0.1) is 11.3 Å². The van der Waals surface area contributed by atoms with Crippen molar-refractivity contribution in [1.82, 2.24) is 19.6 Å². The lowest BCUT2D eigenvalue weighted by molar-refractivity contribution is -0.129. The molecule has 29 heavy (non-hydrogen) atoms. The van der Waals surface area contributed by atoms with Crippen LogP contribution in [0.15, 0.2) is 24.3 Å². The van der Waals surface area contributed by atoms with Gasteiger partial charge in [-0.2, -0.15) is 5.26 Å². The number of carbonyl (C=O) groups excluding carboxylic acids is 1. The molecule has 5 rings (SSSR count). The Labute approximate surface area is 170 Å². The normalized spacial score (nSPS) is 16.4. The van der Waals surface area contributed by atoms with Crippen molar-refractivity contribution in [3.8, 4) is 6.07 Å². The van der Waals surface area contributed by atoms with Gasteiger partial charge in [-0.15, -0.1) is 0 Å². The average molecular weight is 390 g/mol. The summed E-state index contributed by atoms with van der Waals surface area (Å²) < 4.78 is 2.16. The Hall–Kier alpha value is -3.11. The molecule has 0 aliphatic carbocycles. The predicted octanol–water partition coefficient (Wildman–Crippen LogP) is 2.31. The van der Waals surface area contributed by atoms with Gasteiger partial charge in [0.1, 0.15) is 11.9 Å². The second kappa shape index (κ2) is 7.37. The number of fused-ring (bicyclic) bond motifs is 4. The number of nitrogens with zero attached hydrogens (tertiary/aromatic N) is 5. The molecular formula is C22H26N6O. The fourth-order valence-electron chi connectivity index (χ4n) is 4.54. The number of piperazine rings is 1. The Morgan fingerprint density at radius 1 is 1.17 bits per heavy atom. The van der Waals surface area contributed by atoms with E-state index in [1.165, 1.54) is 5.56 Å². The van der Waals surface area contributed by atoms with Crippen LogP contribution in [0.5, 0.6) is 0 Å². The molecule has 2 aliphatic heterocycles. The summed E-state index contributed by atoms with van der Waals surface area (Å²) in [4.78, 5) is 20.8. The van der Waals surface area contributed by atoms with Crippen molar-refractivity contribution in [3.05, 3.63) is 41.0 Å². The van der Waals surface area contributed by atoms with Crippen molar-refractivity contribution in [2.24, 2.45) is 0 Å². The van der Waals surface area contributed by atoms with E-state index in [9.17, 15) is 10.1 Å². The van der Waals surface area contributed by atoms with Crippen molar-refractivity contribution < 1.29 is 4.79 Å². The van der Waals surface area contributed by atoms with Crippen LogP contribution >= 0.6 is 0 Å². The highest BCUT2D eigenvalue weighted by Gasteiger charge is 2.29. The Bertz CT molecular complexity index is 1130. The summed E-state index contributed by atoms with van der Waals surface area (Å²) in [6.45, 7) is 6.23. The molecule has 0 atom stereocenters. The number of rotatable bonds is 1.